The van der Waals surface area contributed by atoms with E-state index in [2.05, 4.69) is 10.3 Å². The summed E-state index contributed by atoms with van der Waals surface area (Å²) < 4.78 is 5.58. The number of aryl methyl sites for hydroxylation is 1. The predicted molar refractivity (Wildman–Crippen MR) is 95.3 cm³/mol. The van der Waals surface area contributed by atoms with E-state index in [1.807, 2.05) is 38.1 Å². The third kappa shape index (κ3) is 3.50. The molecule has 5 nitrogen and oxygen atoms in total. The summed E-state index contributed by atoms with van der Waals surface area (Å²) in [6.45, 7) is 9.39. The van der Waals surface area contributed by atoms with Gasteiger partial charge in [0, 0.05) is 11.3 Å². The van der Waals surface area contributed by atoms with Gasteiger partial charge in [-0.2, -0.15) is 0 Å². The zero-order chi connectivity index (χ0) is 17.9. The Kier molecular flexibility index (Phi) is 5.44. The van der Waals surface area contributed by atoms with E-state index in [9.17, 15) is 9.59 Å². The van der Waals surface area contributed by atoms with Crippen molar-refractivity contribution in [2.75, 3.05) is 11.9 Å². The van der Waals surface area contributed by atoms with Crippen LogP contribution in [0.5, 0.6) is 5.75 Å². The van der Waals surface area contributed by atoms with E-state index in [0.29, 0.717) is 29.2 Å². The summed E-state index contributed by atoms with van der Waals surface area (Å²) in [6, 6.07) is 7.06. The summed E-state index contributed by atoms with van der Waals surface area (Å²) in [5.74, 6) is 0.584. The Morgan fingerprint density at radius 1 is 1.25 bits per heavy atom. The summed E-state index contributed by atoms with van der Waals surface area (Å²) >= 11 is 0. The lowest BCUT2D eigenvalue weighted by molar-refractivity contribution is 0.0970. The summed E-state index contributed by atoms with van der Waals surface area (Å²) in [5.41, 5.74) is 3.28. The molecule has 0 fully saturated rings. The second kappa shape index (κ2) is 7.34. The van der Waals surface area contributed by atoms with Gasteiger partial charge in [0.05, 0.1) is 24.0 Å². The molecule has 2 aromatic rings. The smallest absolute Gasteiger partial charge is 0.201 e. The van der Waals surface area contributed by atoms with Crippen LogP contribution in [-0.4, -0.2) is 29.2 Å². The number of aromatic amines is 1. The standard InChI is InChI=1S/C19H24N2O3/c1-6-24-16-10-8-7-9-15(16)20-13(4)19(23)18-11(2)17(14(5)22)12(3)21-18/h7-10,13,20-21H,6H2,1-5H3/t13-/m1/s1. The van der Waals surface area contributed by atoms with Crippen LogP contribution >= 0.6 is 0 Å². The number of hydrogen-bond donors (Lipinski definition) is 2. The molecule has 24 heavy (non-hydrogen) atoms. The van der Waals surface area contributed by atoms with Crippen molar-refractivity contribution in [3.63, 3.8) is 0 Å². The van der Waals surface area contributed by atoms with Gasteiger partial charge in [-0.15, -0.1) is 0 Å². The first kappa shape index (κ1) is 17.8. The number of ether oxygens (including phenoxy) is 1. The number of anilines is 1. The number of ketones is 2. The molecule has 0 radical (unpaired) electrons. The molecule has 0 aliphatic heterocycles. The lowest BCUT2D eigenvalue weighted by Crippen LogP contribution is -2.27. The highest BCUT2D eigenvalue weighted by Crippen LogP contribution is 2.26. The normalized spacial score (nSPS) is 11.9. The van der Waals surface area contributed by atoms with Gasteiger partial charge in [0.2, 0.25) is 5.78 Å². The summed E-state index contributed by atoms with van der Waals surface area (Å²) in [6.07, 6.45) is 0. The number of nitrogens with one attached hydrogen (secondary N) is 2. The molecule has 0 saturated carbocycles. The van der Waals surface area contributed by atoms with Crippen LogP contribution in [0.1, 0.15) is 52.9 Å². The van der Waals surface area contributed by atoms with Crippen LogP contribution in [0, 0.1) is 13.8 Å². The minimum atomic E-state index is -0.455. The second-order valence-corrected chi connectivity index (χ2v) is 5.84. The maximum atomic E-state index is 12.8. The number of carbonyl (C=O) groups excluding carboxylic acids is 2. The van der Waals surface area contributed by atoms with Crippen molar-refractivity contribution >= 4 is 17.3 Å². The number of Topliss-reactive ketones (excluding diaryl/α,β-unsaturated/α-hetero) is 2. The zero-order valence-corrected chi connectivity index (χ0v) is 14.8. The Balaban J connectivity index is 2.25. The second-order valence-electron chi connectivity index (χ2n) is 5.84. The fourth-order valence-electron chi connectivity index (χ4n) is 2.91. The van der Waals surface area contributed by atoms with Gasteiger partial charge in [-0.3, -0.25) is 9.59 Å². The molecule has 0 aliphatic rings. The molecule has 2 N–H and O–H groups in total. The van der Waals surface area contributed by atoms with Crippen LogP contribution in [0.25, 0.3) is 0 Å². The van der Waals surface area contributed by atoms with Crippen LogP contribution in [0.3, 0.4) is 0 Å². The minimum absolute atomic E-state index is 0.0393. The quantitative estimate of drug-likeness (QED) is 0.756. The molecule has 0 amide bonds. The van der Waals surface area contributed by atoms with Crippen LogP contribution in [-0.2, 0) is 0 Å². The van der Waals surface area contributed by atoms with E-state index in [4.69, 9.17) is 4.74 Å². The van der Waals surface area contributed by atoms with E-state index < -0.39 is 6.04 Å². The average Bonchev–Trinajstić information content (AvgIpc) is 2.83. The largest absolute Gasteiger partial charge is 0.492 e. The Labute approximate surface area is 142 Å². The number of hydrogen-bond acceptors (Lipinski definition) is 4. The van der Waals surface area contributed by atoms with Gasteiger partial charge < -0.3 is 15.0 Å². The van der Waals surface area contributed by atoms with Crippen molar-refractivity contribution in [1.29, 1.82) is 0 Å². The molecule has 5 heteroatoms. The van der Waals surface area contributed by atoms with Crippen LogP contribution in [0.15, 0.2) is 24.3 Å². The van der Waals surface area contributed by atoms with Gasteiger partial charge in [-0.1, -0.05) is 12.1 Å². The third-order valence-electron chi connectivity index (χ3n) is 3.99. The lowest BCUT2D eigenvalue weighted by atomic mass is 10.0. The van der Waals surface area contributed by atoms with Crippen molar-refractivity contribution in [2.24, 2.45) is 0 Å². The number of benzene rings is 1. The predicted octanol–water partition coefficient (Wildman–Crippen LogP) is 3.92. The van der Waals surface area contributed by atoms with Gasteiger partial charge in [-0.25, -0.2) is 0 Å². The SMILES string of the molecule is CCOc1ccccc1N[C@H](C)C(=O)c1[nH]c(C)c(C(C)=O)c1C. The highest BCUT2D eigenvalue weighted by Gasteiger charge is 2.24. The Bertz CT molecular complexity index is 762. The van der Waals surface area contributed by atoms with Gasteiger partial charge >= 0.3 is 0 Å². The summed E-state index contributed by atoms with van der Waals surface area (Å²) in [5, 5.41) is 3.20. The molecule has 1 atom stereocenters. The molecular formula is C19H24N2O3. The summed E-state index contributed by atoms with van der Waals surface area (Å²) in [7, 11) is 0. The Morgan fingerprint density at radius 3 is 2.50 bits per heavy atom. The number of aromatic nitrogens is 1. The number of rotatable bonds is 7. The Hall–Kier alpha value is -2.56. The number of para-hydroxylation sites is 2. The number of H-pyrrole nitrogens is 1. The third-order valence-corrected chi connectivity index (χ3v) is 3.99. The summed E-state index contributed by atoms with van der Waals surface area (Å²) in [4.78, 5) is 27.6. The molecule has 1 aromatic carbocycles. The highest BCUT2D eigenvalue weighted by atomic mass is 16.5. The lowest BCUT2D eigenvalue weighted by Gasteiger charge is -2.17. The van der Waals surface area contributed by atoms with Gasteiger partial charge in [0.15, 0.2) is 5.78 Å². The van der Waals surface area contributed by atoms with Crippen LogP contribution < -0.4 is 10.1 Å². The van der Waals surface area contributed by atoms with Gasteiger partial charge in [0.1, 0.15) is 5.75 Å². The first-order valence-electron chi connectivity index (χ1n) is 8.09. The molecule has 2 rings (SSSR count). The minimum Gasteiger partial charge on any atom is -0.492 e. The highest BCUT2D eigenvalue weighted by molar-refractivity contribution is 6.05. The maximum Gasteiger partial charge on any atom is 0.201 e. The fraction of sp³-hybridized carbons (Fsp3) is 0.368. The van der Waals surface area contributed by atoms with E-state index in [1.165, 1.54) is 6.92 Å². The van der Waals surface area contributed by atoms with Gasteiger partial charge in [0.25, 0.3) is 0 Å². The van der Waals surface area contributed by atoms with Crippen molar-refractivity contribution in [3.05, 3.63) is 46.8 Å². The molecule has 0 aliphatic carbocycles. The molecule has 1 heterocycles. The molecule has 0 saturated heterocycles. The van der Waals surface area contributed by atoms with E-state index in [1.54, 1.807) is 13.8 Å². The molecule has 0 bridgehead atoms. The van der Waals surface area contributed by atoms with Crippen molar-refractivity contribution in [1.82, 2.24) is 4.98 Å². The monoisotopic (exact) mass is 328 g/mol. The fourth-order valence-corrected chi connectivity index (χ4v) is 2.91. The van der Waals surface area contributed by atoms with Crippen LogP contribution in [0.4, 0.5) is 5.69 Å². The average molecular weight is 328 g/mol. The van der Waals surface area contributed by atoms with Gasteiger partial charge in [-0.05, 0) is 52.3 Å². The van der Waals surface area contributed by atoms with E-state index in [0.717, 1.165) is 11.4 Å². The molecule has 0 unspecified atom stereocenters. The number of carbonyl (C=O) groups is 2. The topological polar surface area (TPSA) is 71.2 Å². The maximum absolute atomic E-state index is 12.8. The molecule has 128 valence electrons. The van der Waals surface area contributed by atoms with E-state index in [-0.39, 0.29) is 11.6 Å². The molecule has 0 spiro atoms. The van der Waals surface area contributed by atoms with Crippen molar-refractivity contribution < 1.29 is 14.3 Å². The van der Waals surface area contributed by atoms with Crippen molar-refractivity contribution in [3.8, 4) is 5.75 Å². The molecule has 1 aromatic heterocycles. The zero-order valence-electron chi connectivity index (χ0n) is 14.8. The first-order chi connectivity index (χ1) is 11.4. The Morgan fingerprint density at radius 2 is 1.92 bits per heavy atom. The first-order valence-corrected chi connectivity index (χ1v) is 8.09. The van der Waals surface area contributed by atoms with Crippen LogP contribution in [0.2, 0.25) is 0 Å². The van der Waals surface area contributed by atoms with E-state index >= 15 is 0 Å². The van der Waals surface area contributed by atoms with Crippen molar-refractivity contribution in [2.45, 2.75) is 40.7 Å². The molecular weight excluding hydrogens is 304 g/mol.